The van der Waals surface area contributed by atoms with Crippen molar-refractivity contribution in [2.75, 3.05) is 26.3 Å². The van der Waals surface area contributed by atoms with Crippen molar-refractivity contribution in [2.45, 2.75) is 26.2 Å². The Morgan fingerprint density at radius 1 is 1.33 bits per heavy atom. The summed E-state index contributed by atoms with van der Waals surface area (Å²) in [5, 5.41) is 3.21. The van der Waals surface area contributed by atoms with Crippen LogP contribution in [0.1, 0.15) is 26.2 Å². The van der Waals surface area contributed by atoms with Gasteiger partial charge in [0, 0.05) is 13.2 Å². The van der Waals surface area contributed by atoms with E-state index in [0.717, 1.165) is 39.1 Å². The molecule has 0 aromatic carbocycles. The van der Waals surface area contributed by atoms with Gasteiger partial charge in [-0.1, -0.05) is 13.0 Å². The van der Waals surface area contributed by atoms with Crippen molar-refractivity contribution in [3.63, 3.8) is 0 Å². The van der Waals surface area contributed by atoms with E-state index in [2.05, 4.69) is 18.8 Å². The van der Waals surface area contributed by atoms with Crippen molar-refractivity contribution in [3.05, 3.63) is 12.7 Å². The lowest BCUT2D eigenvalue weighted by Crippen LogP contribution is -2.19. The van der Waals surface area contributed by atoms with Gasteiger partial charge in [-0.15, -0.1) is 6.58 Å². The van der Waals surface area contributed by atoms with Crippen molar-refractivity contribution in [3.8, 4) is 0 Å². The molecule has 0 rings (SSSR count). The summed E-state index contributed by atoms with van der Waals surface area (Å²) in [5.41, 5.74) is 0. The monoisotopic (exact) mass is 171 g/mol. The van der Waals surface area contributed by atoms with Crippen LogP contribution in [0, 0.1) is 0 Å². The number of nitrogens with one attached hydrogen (secondary N) is 1. The lowest BCUT2D eigenvalue weighted by molar-refractivity contribution is 0.132. The Balaban J connectivity index is 2.77. The molecule has 72 valence electrons. The second kappa shape index (κ2) is 10.7. The summed E-state index contributed by atoms with van der Waals surface area (Å²) in [6, 6.07) is 0. The van der Waals surface area contributed by atoms with Gasteiger partial charge in [-0.3, -0.25) is 0 Å². The standard InChI is InChI=1S/C10H21NO/c1-3-5-6-7-9-12-10-8-11-4-2/h3,11H,1,4-10H2,2H3. The smallest absolute Gasteiger partial charge is 0.0590 e. The fourth-order valence-electron chi connectivity index (χ4n) is 0.916. The third-order valence-electron chi connectivity index (χ3n) is 1.62. The van der Waals surface area contributed by atoms with Gasteiger partial charge in [0.1, 0.15) is 0 Å². The molecule has 0 aliphatic carbocycles. The fraction of sp³-hybridized carbons (Fsp3) is 0.800. The van der Waals surface area contributed by atoms with Crippen LogP contribution >= 0.6 is 0 Å². The molecule has 0 fully saturated rings. The maximum absolute atomic E-state index is 5.39. The Kier molecular flexibility index (Phi) is 10.4. The van der Waals surface area contributed by atoms with Crippen molar-refractivity contribution in [2.24, 2.45) is 0 Å². The molecule has 0 spiro atoms. The lowest BCUT2D eigenvalue weighted by Gasteiger charge is -2.03. The maximum atomic E-state index is 5.39. The average molecular weight is 171 g/mol. The van der Waals surface area contributed by atoms with Crippen LogP contribution in [0.2, 0.25) is 0 Å². The summed E-state index contributed by atoms with van der Waals surface area (Å²) in [7, 11) is 0. The Labute approximate surface area is 76.0 Å². The number of hydrogen-bond donors (Lipinski definition) is 1. The third-order valence-corrected chi connectivity index (χ3v) is 1.62. The van der Waals surface area contributed by atoms with Crippen molar-refractivity contribution in [1.29, 1.82) is 0 Å². The Hall–Kier alpha value is -0.340. The van der Waals surface area contributed by atoms with E-state index in [1.165, 1.54) is 6.42 Å². The zero-order chi connectivity index (χ0) is 9.07. The molecule has 0 radical (unpaired) electrons. The minimum atomic E-state index is 0.835. The predicted molar refractivity (Wildman–Crippen MR) is 53.4 cm³/mol. The first-order valence-corrected chi connectivity index (χ1v) is 4.81. The lowest BCUT2D eigenvalue weighted by atomic mass is 10.2. The van der Waals surface area contributed by atoms with E-state index in [1.54, 1.807) is 0 Å². The number of allylic oxidation sites excluding steroid dienone is 1. The first kappa shape index (κ1) is 11.7. The molecule has 0 aliphatic heterocycles. The molecular weight excluding hydrogens is 150 g/mol. The summed E-state index contributed by atoms with van der Waals surface area (Å²) < 4.78 is 5.39. The second-order valence-corrected chi connectivity index (χ2v) is 2.75. The zero-order valence-corrected chi connectivity index (χ0v) is 8.14. The van der Waals surface area contributed by atoms with E-state index < -0.39 is 0 Å². The maximum Gasteiger partial charge on any atom is 0.0590 e. The number of ether oxygens (including phenoxy) is 1. The highest BCUT2D eigenvalue weighted by Crippen LogP contribution is 1.95. The van der Waals surface area contributed by atoms with Gasteiger partial charge in [0.25, 0.3) is 0 Å². The van der Waals surface area contributed by atoms with Crippen LogP contribution in [0.5, 0.6) is 0 Å². The Morgan fingerprint density at radius 2 is 2.17 bits per heavy atom. The molecule has 1 N–H and O–H groups in total. The van der Waals surface area contributed by atoms with Gasteiger partial charge in [-0.2, -0.15) is 0 Å². The van der Waals surface area contributed by atoms with Gasteiger partial charge < -0.3 is 10.1 Å². The van der Waals surface area contributed by atoms with Crippen LogP contribution in [-0.2, 0) is 4.74 Å². The third kappa shape index (κ3) is 9.66. The van der Waals surface area contributed by atoms with E-state index in [9.17, 15) is 0 Å². The topological polar surface area (TPSA) is 21.3 Å². The molecule has 2 nitrogen and oxygen atoms in total. The summed E-state index contributed by atoms with van der Waals surface area (Å²) >= 11 is 0. The molecule has 0 saturated heterocycles. The highest BCUT2D eigenvalue weighted by Gasteiger charge is 1.87. The quantitative estimate of drug-likeness (QED) is 0.423. The summed E-state index contributed by atoms with van der Waals surface area (Å²) in [5.74, 6) is 0. The molecule has 0 saturated carbocycles. The molecule has 0 aromatic rings. The van der Waals surface area contributed by atoms with E-state index in [1.807, 2.05) is 6.08 Å². The molecule has 12 heavy (non-hydrogen) atoms. The van der Waals surface area contributed by atoms with Gasteiger partial charge in [-0.05, 0) is 25.8 Å². The van der Waals surface area contributed by atoms with Crippen molar-refractivity contribution < 1.29 is 4.74 Å². The van der Waals surface area contributed by atoms with Crippen LogP contribution < -0.4 is 5.32 Å². The highest BCUT2D eigenvalue weighted by molar-refractivity contribution is 4.65. The van der Waals surface area contributed by atoms with Crippen LogP contribution in [0.25, 0.3) is 0 Å². The first-order chi connectivity index (χ1) is 5.91. The van der Waals surface area contributed by atoms with Crippen LogP contribution in [-0.4, -0.2) is 26.3 Å². The highest BCUT2D eigenvalue weighted by atomic mass is 16.5. The Morgan fingerprint density at radius 3 is 2.83 bits per heavy atom. The number of unbranched alkanes of at least 4 members (excludes halogenated alkanes) is 2. The average Bonchev–Trinajstić information content (AvgIpc) is 2.10. The largest absolute Gasteiger partial charge is 0.380 e. The molecule has 0 aliphatic rings. The Bertz CT molecular complexity index is 93.8. The summed E-state index contributed by atoms with van der Waals surface area (Å²) in [4.78, 5) is 0. The number of hydrogen-bond acceptors (Lipinski definition) is 2. The molecule has 0 amide bonds. The van der Waals surface area contributed by atoms with Gasteiger partial charge in [-0.25, -0.2) is 0 Å². The SMILES string of the molecule is C=CCCCCOCCNCC. The first-order valence-electron chi connectivity index (χ1n) is 4.81. The van der Waals surface area contributed by atoms with Crippen molar-refractivity contribution >= 4 is 0 Å². The number of likely N-dealkylation sites (N-methyl/N-ethyl adjacent to an activating group) is 1. The van der Waals surface area contributed by atoms with E-state index >= 15 is 0 Å². The van der Waals surface area contributed by atoms with Crippen LogP contribution in [0.4, 0.5) is 0 Å². The van der Waals surface area contributed by atoms with Gasteiger partial charge >= 0.3 is 0 Å². The summed E-state index contributed by atoms with van der Waals surface area (Å²) in [6.45, 7) is 9.49. The summed E-state index contributed by atoms with van der Waals surface area (Å²) in [6.07, 6.45) is 5.41. The molecule has 0 unspecified atom stereocenters. The van der Waals surface area contributed by atoms with Gasteiger partial charge in [0.15, 0.2) is 0 Å². The molecule has 2 heteroatoms. The number of rotatable bonds is 9. The minimum absolute atomic E-state index is 0.835. The fourth-order valence-corrected chi connectivity index (χ4v) is 0.916. The molecule has 0 atom stereocenters. The van der Waals surface area contributed by atoms with Crippen LogP contribution in [0.15, 0.2) is 12.7 Å². The van der Waals surface area contributed by atoms with Gasteiger partial charge in [0.05, 0.1) is 6.61 Å². The van der Waals surface area contributed by atoms with Crippen molar-refractivity contribution in [1.82, 2.24) is 5.32 Å². The molecule has 0 bridgehead atoms. The normalized spacial score (nSPS) is 10.1. The predicted octanol–water partition coefficient (Wildman–Crippen LogP) is 1.97. The zero-order valence-electron chi connectivity index (χ0n) is 8.14. The second-order valence-electron chi connectivity index (χ2n) is 2.75. The van der Waals surface area contributed by atoms with E-state index in [0.29, 0.717) is 0 Å². The van der Waals surface area contributed by atoms with E-state index in [-0.39, 0.29) is 0 Å². The van der Waals surface area contributed by atoms with Gasteiger partial charge in [0.2, 0.25) is 0 Å². The molecule has 0 heterocycles. The minimum Gasteiger partial charge on any atom is -0.380 e. The van der Waals surface area contributed by atoms with Crippen LogP contribution in [0.3, 0.4) is 0 Å². The van der Waals surface area contributed by atoms with E-state index in [4.69, 9.17) is 4.74 Å². The molecule has 0 aromatic heterocycles. The molecular formula is C10H21NO.